The fourth-order valence-corrected chi connectivity index (χ4v) is 2.51. The molecule has 0 spiro atoms. The number of aromatic nitrogens is 1. The Balaban J connectivity index is 2.92. The van der Waals surface area contributed by atoms with E-state index in [0.29, 0.717) is 17.3 Å². The molecule has 0 aromatic carbocycles. The lowest BCUT2D eigenvalue weighted by Crippen LogP contribution is -2.11. The maximum absolute atomic E-state index is 4.42. The van der Waals surface area contributed by atoms with Crippen molar-refractivity contribution in [2.45, 2.75) is 60.3 Å². The third-order valence-electron chi connectivity index (χ3n) is 3.22. The molecule has 0 amide bonds. The molecule has 0 aliphatic rings. The molecule has 0 aliphatic heterocycles. The monoisotopic (exact) mass is 233 g/mol. The van der Waals surface area contributed by atoms with E-state index in [4.69, 9.17) is 0 Å². The SMILES string of the molecule is CCC(c1cncc(CC(C)(C)C)c1)C(C)C. The zero-order valence-electron chi connectivity index (χ0n) is 12.2. The van der Waals surface area contributed by atoms with Crippen LogP contribution in [-0.4, -0.2) is 4.98 Å². The van der Waals surface area contributed by atoms with E-state index in [1.54, 1.807) is 0 Å². The number of hydrogen-bond acceptors (Lipinski definition) is 1. The number of pyridine rings is 1. The minimum Gasteiger partial charge on any atom is -0.264 e. The lowest BCUT2D eigenvalue weighted by atomic mass is 9.84. The third kappa shape index (κ3) is 4.49. The van der Waals surface area contributed by atoms with Crippen molar-refractivity contribution in [2.24, 2.45) is 11.3 Å². The van der Waals surface area contributed by atoms with E-state index in [9.17, 15) is 0 Å². The molecule has 0 saturated heterocycles. The summed E-state index contributed by atoms with van der Waals surface area (Å²) in [5.41, 5.74) is 3.11. The van der Waals surface area contributed by atoms with Gasteiger partial charge in [0.1, 0.15) is 0 Å². The molecule has 1 aromatic heterocycles. The highest BCUT2D eigenvalue weighted by molar-refractivity contribution is 5.23. The molecule has 17 heavy (non-hydrogen) atoms. The second-order valence-corrected chi connectivity index (χ2v) is 6.62. The van der Waals surface area contributed by atoms with Gasteiger partial charge in [0.2, 0.25) is 0 Å². The van der Waals surface area contributed by atoms with Crippen molar-refractivity contribution in [1.29, 1.82) is 0 Å². The van der Waals surface area contributed by atoms with Gasteiger partial charge in [-0.1, -0.05) is 47.6 Å². The minimum absolute atomic E-state index is 0.333. The molecule has 1 nitrogen and oxygen atoms in total. The highest BCUT2D eigenvalue weighted by Crippen LogP contribution is 2.29. The molecule has 1 atom stereocenters. The molecular weight excluding hydrogens is 206 g/mol. The summed E-state index contributed by atoms with van der Waals surface area (Å²) in [6.45, 7) is 13.7. The van der Waals surface area contributed by atoms with Gasteiger partial charge in [-0.15, -0.1) is 0 Å². The van der Waals surface area contributed by atoms with Gasteiger partial charge in [0.15, 0.2) is 0 Å². The molecule has 0 bridgehead atoms. The Hall–Kier alpha value is -0.850. The minimum atomic E-state index is 0.333. The average Bonchev–Trinajstić information content (AvgIpc) is 2.15. The fraction of sp³-hybridized carbons (Fsp3) is 0.688. The van der Waals surface area contributed by atoms with Gasteiger partial charge in [0, 0.05) is 12.4 Å². The van der Waals surface area contributed by atoms with Crippen molar-refractivity contribution < 1.29 is 0 Å². The molecule has 0 aliphatic carbocycles. The maximum atomic E-state index is 4.42. The third-order valence-corrected chi connectivity index (χ3v) is 3.22. The second kappa shape index (κ2) is 5.66. The quantitative estimate of drug-likeness (QED) is 0.726. The van der Waals surface area contributed by atoms with Crippen molar-refractivity contribution >= 4 is 0 Å². The first kappa shape index (κ1) is 14.2. The predicted octanol–water partition coefficient (Wildman–Crippen LogP) is 4.82. The summed E-state index contributed by atoms with van der Waals surface area (Å²) in [5.74, 6) is 1.33. The van der Waals surface area contributed by atoms with Crippen LogP contribution in [0.25, 0.3) is 0 Å². The van der Waals surface area contributed by atoms with Gasteiger partial charge >= 0.3 is 0 Å². The average molecular weight is 233 g/mol. The van der Waals surface area contributed by atoms with E-state index in [-0.39, 0.29) is 0 Å². The molecule has 1 heterocycles. The van der Waals surface area contributed by atoms with Crippen LogP contribution in [0.2, 0.25) is 0 Å². The van der Waals surface area contributed by atoms with Crippen LogP contribution in [0.5, 0.6) is 0 Å². The van der Waals surface area contributed by atoms with Crippen molar-refractivity contribution in [3.8, 4) is 0 Å². The van der Waals surface area contributed by atoms with Crippen LogP contribution in [-0.2, 0) is 6.42 Å². The van der Waals surface area contributed by atoms with E-state index in [1.807, 2.05) is 12.4 Å². The summed E-state index contributed by atoms with van der Waals surface area (Å²) in [7, 11) is 0. The largest absolute Gasteiger partial charge is 0.264 e. The first-order valence-corrected chi connectivity index (χ1v) is 6.77. The second-order valence-electron chi connectivity index (χ2n) is 6.62. The van der Waals surface area contributed by atoms with Gasteiger partial charge < -0.3 is 0 Å². The van der Waals surface area contributed by atoms with Crippen molar-refractivity contribution in [2.75, 3.05) is 0 Å². The van der Waals surface area contributed by atoms with Crippen LogP contribution in [0, 0.1) is 11.3 Å². The van der Waals surface area contributed by atoms with Crippen LogP contribution < -0.4 is 0 Å². The lowest BCUT2D eigenvalue weighted by Gasteiger charge is -2.22. The summed E-state index contributed by atoms with van der Waals surface area (Å²) < 4.78 is 0. The number of nitrogens with zero attached hydrogens (tertiary/aromatic N) is 1. The zero-order valence-corrected chi connectivity index (χ0v) is 12.2. The lowest BCUT2D eigenvalue weighted by molar-refractivity contribution is 0.409. The Morgan fingerprint density at radius 1 is 1.18 bits per heavy atom. The normalized spacial score (nSPS) is 14.1. The number of rotatable bonds is 4. The molecule has 1 rings (SSSR count). The van der Waals surface area contributed by atoms with E-state index in [2.05, 4.69) is 52.6 Å². The van der Waals surface area contributed by atoms with E-state index in [0.717, 1.165) is 6.42 Å². The molecule has 0 radical (unpaired) electrons. The molecule has 0 fully saturated rings. The highest BCUT2D eigenvalue weighted by atomic mass is 14.6. The van der Waals surface area contributed by atoms with Gasteiger partial charge in [-0.2, -0.15) is 0 Å². The first-order valence-electron chi connectivity index (χ1n) is 6.77. The van der Waals surface area contributed by atoms with Crippen LogP contribution in [0.3, 0.4) is 0 Å². The van der Waals surface area contributed by atoms with E-state index >= 15 is 0 Å². The Morgan fingerprint density at radius 3 is 2.29 bits per heavy atom. The van der Waals surface area contributed by atoms with Gasteiger partial charge in [-0.05, 0) is 41.2 Å². The van der Waals surface area contributed by atoms with E-state index < -0.39 is 0 Å². The Bertz CT molecular complexity index is 347. The van der Waals surface area contributed by atoms with Crippen LogP contribution in [0.4, 0.5) is 0 Å². The topological polar surface area (TPSA) is 12.9 Å². The molecule has 1 aromatic rings. The maximum Gasteiger partial charge on any atom is 0.0302 e. The Kier molecular flexibility index (Phi) is 4.73. The molecule has 0 saturated carbocycles. The highest BCUT2D eigenvalue weighted by Gasteiger charge is 2.16. The van der Waals surface area contributed by atoms with Crippen LogP contribution >= 0.6 is 0 Å². The summed E-state index contributed by atoms with van der Waals surface area (Å²) in [5, 5.41) is 0. The Morgan fingerprint density at radius 2 is 1.82 bits per heavy atom. The molecule has 1 unspecified atom stereocenters. The van der Waals surface area contributed by atoms with Gasteiger partial charge in [0.05, 0.1) is 0 Å². The van der Waals surface area contributed by atoms with Crippen LogP contribution in [0.15, 0.2) is 18.5 Å². The standard InChI is InChI=1S/C16H27N/c1-7-15(12(2)3)14-8-13(10-17-11-14)9-16(4,5)6/h8,10-12,15H,7,9H2,1-6H3. The fourth-order valence-electron chi connectivity index (χ4n) is 2.51. The van der Waals surface area contributed by atoms with Crippen LogP contribution in [0.1, 0.15) is 65.0 Å². The molecule has 96 valence electrons. The summed E-state index contributed by atoms with van der Waals surface area (Å²) in [6.07, 6.45) is 6.35. The van der Waals surface area contributed by atoms with Gasteiger partial charge in [-0.25, -0.2) is 0 Å². The molecule has 0 N–H and O–H groups in total. The van der Waals surface area contributed by atoms with Gasteiger partial charge in [-0.3, -0.25) is 4.98 Å². The summed E-state index contributed by atoms with van der Waals surface area (Å²) >= 11 is 0. The van der Waals surface area contributed by atoms with Crippen molar-refractivity contribution in [1.82, 2.24) is 4.98 Å². The van der Waals surface area contributed by atoms with Gasteiger partial charge in [0.25, 0.3) is 0 Å². The zero-order chi connectivity index (χ0) is 13.1. The van der Waals surface area contributed by atoms with Crippen molar-refractivity contribution in [3.63, 3.8) is 0 Å². The van der Waals surface area contributed by atoms with Crippen molar-refractivity contribution in [3.05, 3.63) is 29.6 Å². The number of hydrogen-bond donors (Lipinski definition) is 0. The smallest absolute Gasteiger partial charge is 0.0302 e. The summed E-state index contributed by atoms with van der Waals surface area (Å²) in [4.78, 5) is 4.42. The molecular formula is C16H27N. The van der Waals surface area contributed by atoms with E-state index in [1.165, 1.54) is 17.5 Å². The predicted molar refractivity (Wildman–Crippen MR) is 75.3 cm³/mol. The first-order chi connectivity index (χ1) is 7.83. The Labute approximate surface area is 107 Å². The molecule has 1 heteroatoms. The summed E-state index contributed by atoms with van der Waals surface area (Å²) in [6, 6.07) is 2.35.